The molecule has 1 aromatic rings. The van der Waals surface area contributed by atoms with Gasteiger partial charge in [0, 0.05) is 5.88 Å². The fraction of sp³-hybridized carbons (Fsp3) is 0.417. The smallest absolute Gasteiger partial charge is 0.310 e. The van der Waals surface area contributed by atoms with Crippen molar-refractivity contribution in [2.75, 3.05) is 5.88 Å². The average Bonchev–Trinajstić information content (AvgIpc) is 2.26. The van der Waals surface area contributed by atoms with Crippen LogP contribution in [0.2, 0.25) is 0 Å². The number of carboxylic acid groups (broad SMARTS) is 1. The van der Waals surface area contributed by atoms with Gasteiger partial charge in [-0.2, -0.15) is 0 Å². The Balaban J connectivity index is 2.69. The van der Waals surface area contributed by atoms with Crippen LogP contribution in [0.25, 0.3) is 0 Å². The minimum Gasteiger partial charge on any atom is -0.481 e. The minimum absolute atomic E-state index is 0.353. The summed E-state index contributed by atoms with van der Waals surface area (Å²) >= 11 is 5.53. The molecule has 1 unspecified atom stereocenters. The first kappa shape index (κ1) is 13.0. The van der Waals surface area contributed by atoms with E-state index < -0.39 is 11.9 Å². The van der Waals surface area contributed by atoms with Crippen LogP contribution in [0.15, 0.2) is 24.3 Å². The first-order valence-corrected chi connectivity index (χ1v) is 5.73. The van der Waals surface area contributed by atoms with Crippen LogP contribution in [0.4, 0.5) is 4.39 Å². The van der Waals surface area contributed by atoms with Gasteiger partial charge >= 0.3 is 5.97 Å². The number of halogens is 2. The third-order valence-electron chi connectivity index (χ3n) is 2.45. The number of unbranched alkanes of at least 4 members (excludes halogenated alkanes) is 1. The van der Waals surface area contributed by atoms with Crippen molar-refractivity contribution < 1.29 is 14.3 Å². The Hall–Kier alpha value is -1.09. The first-order chi connectivity index (χ1) is 7.65. The van der Waals surface area contributed by atoms with E-state index in [9.17, 15) is 9.18 Å². The second-order valence-electron chi connectivity index (χ2n) is 3.63. The van der Waals surface area contributed by atoms with Gasteiger partial charge in [-0.15, -0.1) is 11.6 Å². The molecular weight excluding hydrogens is 231 g/mol. The van der Waals surface area contributed by atoms with Crippen molar-refractivity contribution in [2.24, 2.45) is 0 Å². The lowest BCUT2D eigenvalue weighted by molar-refractivity contribution is -0.139. The lowest BCUT2D eigenvalue weighted by Gasteiger charge is -2.12. The van der Waals surface area contributed by atoms with Crippen LogP contribution in [-0.2, 0) is 4.79 Å². The molecule has 0 aliphatic carbocycles. The molecule has 0 spiro atoms. The van der Waals surface area contributed by atoms with E-state index in [1.54, 1.807) is 0 Å². The number of hydrogen-bond donors (Lipinski definition) is 1. The molecule has 4 heteroatoms. The predicted octanol–water partition coefficient (Wildman–Crippen LogP) is 3.40. The van der Waals surface area contributed by atoms with Gasteiger partial charge in [0.2, 0.25) is 0 Å². The molecule has 0 heterocycles. The lowest BCUT2D eigenvalue weighted by Crippen LogP contribution is -2.11. The van der Waals surface area contributed by atoms with E-state index in [2.05, 4.69) is 0 Å². The Morgan fingerprint density at radius 2 is 1.94 bits per heavy atom. The van der Waals surface area contributed by atoms with Crippen LogP contribution in [-0.4, -0.2) is 17.0 Å². The summed E-state index contributed by atoms with van der Waals surface area (Å²) in [5.41, 5.74) is 0.642. The number of carboxylic acids is 1. The molecule has 0 saturated heterocycles. The molecule has 0 aliphatic rings. The SMILES string of the molecule is O=C(O)C(CCCCCl)c1ccc(F)cc1. The average molecular weight is 245 g/mol. The van der Waals surface area contributed by atoms with Crippen molar-refractivity contribution in [1.29, 1.82) is 0 Å². The molecular formula is C12H14ClFO2. The summed E-state index contributed by atoms with van der Waals surface area (Å²) in [5.74, 6) is -1.26. The molecule has 0 saturated carbocycles. The normalized spacial score (nSPS) is 12.4. The summed E-state index contributed by atoms with van der Waals surface area (Å²) in [6.45, 7) is 0. The van der Waals surface area contributed by atoms with Crippen molar-refractivity contribution in [3.8, 4) is 0 Å². The van der Waals surface area contributed by atoms with E-state index in [0.29, 0.717) is 17.9 Å². The van der Waals surface area contributed by atoms with Gasteiger partial charge in [-0.25, -0.2) is 4.39 Å². The van der Waals surface area contributed by atoms with Crippen LogP contribution in [0.5, 0.6) is 0 Å². The topological polar surface area (TPSA) is 37.3 Å². The van der Waals surface area contributed by atoms with E-state index in [1.807, 2.05) is 0 Å². The highest BCUT2D eigenvalue weighted by Crippen LogP contribution is 2.22. The molecule has 88 valence electrons. The molecule has 0 fully saturated rings. The maximum atomic E-state index is 12.7. The Kier molecular flexibility index (Phi) is 5.26. The van der Waals surface area contributed by atoms with Crippen LogP contribution in [0.1, 0.15) is 30.7 Å². The zero-order valence-corrected chi connectivity index (χ0v) is 9.58. The van der Waals surface area contributed by atoms with E-state index in [0.717, 1.165) is 12.8 Å². The standard InChI is InChI=1S/C12H14ClFO2/c13-8-2-1-3-11(12(15)16)9-4-6-10(14)7-5-9/h4-7,11H,1-3,8H2,(H,15,16). The molecule has 1 atom stereocenters. The van der Waals surface area contributed by atoms with Gasteiger partial charge < -0.3 is 5.11 Å². The zero-order valence-electron chi connectivity index (χ0n) is 8.83. The second kappa shape index (κ2) is 6.48. The highest BCUT2D eigenvalue weighted by molar-refractivity contribution is 6.17. The summed E-state index contributed by atoms with van der Waals surface area (Å²) in [7, 11) is 0. The third-order valence-corrected chi connectivity index (χ3v) is 2.71. The molecule has 0 amide bonds. The summed E-state index contributed by atoms with van der Waals surface area (Å²) in [5, 5.41) is 9.07. The molecule has 0 aromatic heterocycles. The van der Waals surface area contributed by atoms with Gasteiger partial charge in [-0.3, -0.25) is 4.79 Å². The van der Waals surface area contributed by atoms with Gasteiger partial charge in [0.05, 0.1) is 5.92 Å². The monoisotopic (exact) mass is 244 g/mol. The minimum atomic E-state index is -0.874. The van der Waals surface area contributed by atoms with Crippen molar-refractivity contribution >= 4 is 17.6 Å². The Morgan fingerprint density at radius 1 is 1.31 bits per heavy atom. The molecule has 1 rings (SSSR count). The highest BCUT2D eigenvalue weighted by atomic mass is 35.5. The summed E-state index contributed by atoms with van der Waals surface area (Å²) in [6, 6.07) is 5.61. The van der Waals surface area contributed by atoms with Crippen LogP contribution >= 0.6 is 11.6 Å². The Labute approximate surface area is 99.0 Å². The molecule has 2 nitrogen and oxygen atoms in total. The first-order valence-electron chi connectivity index (χ1n) is 5.19. The van der Waals surface area contributed by atoms with Crippen molar-refractivity contribution in [1.82, 2.24) is 0 Å². The van der Waals surface area contributed by atoms with Crippen molar-refractivity contribution in [3.63, 3.8) is 0 Å². The molecule has 0 radical (unpaired) electrons. The summed E-state index contributed by atoms with van der Waals surface area (Å²) in [4.78, 5) is 11.1. The molecule has 1 aromatic carbocycles. The van der Waals surface area contributed by atoms with Crippen LogP contribution in [0.3, 0.4) is 0 Å². The Bertz CT molecular complexity index is 337. The zero-order chi connectivity index (χ0) is 12.0. The van der Waals surface area contributed by atoms with E-state index in [1.165, 1.54) is 24.3 Å². The maximum Gasteiger partial charge on any atom is 0.310 e. The van der Waals surface area contributed by atoms with E-state index in [-0.39, 0.29) is 5.82 Å². The number of benzene rings is 1. The van der Waals surface area contributed by atoms with E-state index in [4.69, 9.17) is 16.7 Å². The lowest BCUT2D eigenvalue weighted by atomic mass is 9.94. The van der Waals surface area contributed by atoms with Crippen molar-refractivity contribution in [3.05, 3.63) is 35.6 Å². The van der Waals surface area contributed by atoms with E-state index >= 15 is 0 Å². The molecule has 0 aliphatic heterocycles. The number of alkyl halides is 1. The molecule has 1 N–H and O–H groups in total. The Morgan fingerprint density at radius 3 is 2.44 bits per heavy atom. The predicted molar refractivity (Wildman–Crippen MR) is 61.3 cm³/mol. The number of rotatable bonds is 6. The quantitative estimate of drug-likeness (QED) is 0.615. The van der Waals surface area contributed by atoms with Gasteiger partial charge in [0.25, 0.3) is 0 Å². The van der Waals surface area contributed by atoms with Gasteiger partial charge in [0.1, 0.15) is 5.82 Å². The maximum absolute atomic E-state index is 12.7. The van der Waals surface area contributed by atoms with Crippen LogP contribution in [0, 0.1) is 5.82 Å². The van der Waals surface area contributed by atoms with Crippen LogP contribution < -0.4 is 0 Å². The van der Waals surface area contributed by atoms with Gasteiger partial charge in [0.15, 0.2) is 0 Å². The number of aliphatic carboxylic acids is 1. The number of carbonyl (C=O) groups is 1. The second-order valence-corrected chi connectivity index (χ2v) is 4.01. The number of hydrogen-bond acceptors (Lipinski definition) is 1. The third kappa shape index (κ3) is 3.81. The van der Waals surface area contributed by atoms with Gasteiger partial charge in [-0.1, -0.05) is 18.6 Å². The van der Waals surface area contributed by atoms with Crippen molar-refractivity contribution in [2.45, 2.75) is 25.2 Å². The fourth-order valence-electron chi connectivity index (χ4n) is 1.57. The highest BCUT2D eigenvalue weighted by Gasteiger charge is 2.18. The van der Waals surface area contributed by atoms with Gasteiger partial charge in [-0.05, 0) is 30.5 Å². The molecule has 0 bridgehead atoms. The fourth-order valence-corrected chi connectivity index (χ4v) is 1.76. The molecule has 16 heavy (non-hydrogen) atoms. The largest absolute Gasteiger partial charge is 0.481 e. The summed E-state index contributed by atoms with van der Waals surface area (Å²) in [6.07, 6.45) is 2.10. The summed E-state index contributed by atoms with van der Waals surface area (Å²) < 4.78 is 12.7.